The highest BCUT2D eigenvalue weighted by Gasteiger charge is 2.27. The van der Waals surface area contributed by atoms with E-state index in [1.54, 1.807) is 12.1 Å². The number of para-hydroxylation sites is 1. The summed E-state index contributed by atoms with van der Waals surface area (Å²) in [6.07, 6.45) is 2.28. The van der Waals surface area contributed by atoms with E-state index < -0.39 is 20.0 Å². The molecule has 0 spiro atoms. The van der Waals surface area contributed by atoms with Gasteiger partial charge in [0.15, 0.2) is 0 Å². The summed E-state index contributed by atoms with van der Waals surface area (Å²) in [7, 11) is -7.45. The molecule has 6 nitrogen and oxygen atoms in total. The van der Waals surface area contributed by atoms with Crippen LogP contribution in [0.25, 0.3) is 0 Å². The predicted molar refractivity (Wildman–Crippen MR) is 121 cm³/mol. The van der Waals surface area contributed by atoms with Gasteiger partial charge < -0.3 is 0 Å². The Balaban J connectivity index is 1.56. The molecule has 1 saturated heterocycles. The summed E-state index contributed by atoms with van der Waals surface area (Å²) >= 11 is 0. The molecule has 0 aromatic heterocycles. The van der Waals surface area contributed by atoms with Crippen molar-refractivity contribution in [1.29, 1.82) is 0 Å². The van der Waals surface area contributed by atoms with Gasteiger partial charge in [-0.15, -0.1) is 0 Å². The first-order valence-electron chi connectivity index (χ1n) is 10.1. The van der Waals surface area contributed by atoms with Gasteiger partial charge in [-0.25, -0.2) is 16.8 Å². The van der Waals surface area contributed by atoms with Gasteiger partial charge in [0, 0.05) is 13.1 Å². The zero-order chi connectivity index (χ0) is 21.9. The Morgan fingerprint density at radius 1 is 0.710 bits per heavy atom. The second-order valence-electron chi connectivity index (χ2n) is 7.51. The molecule has 0 saturated carbocycles. The second kappa shape index (κ2) is 8.82. The molecule has 3 aromatic rings. The largest absolute Gasteiger partial charge is 0.279 e. The maximum Gasteiger partial charge on any atom is 0.261 e. The molecule has 0 radical (unpaired) electrons. The van der Waals surface area contributed by atoms with Crippen LogP contribution in [0.3, 0.4) is 0 Å². The molecule has 8 heteroatoms. The Labute approximate surface area is 183 Å². The van der Waals surface area contributed by atoms with Gasteiger partial charge in [-0.05, 0) is 60.7 Å². The summed E-state index contributed by atoms with van der Waals surface area (Å²) < 4.78 is 55.3. The minimum absolute atomic E-state index is 0.0161. The van der Waals surface area contributed by atoms with Gasteiger partial charge in [-0.3, -0.25) is 4.72 Å². The lowest BCUT2D eigenvalue weighted by Gasteiger charge is -2.16. The summed E-state index contributed by atoms with van der Waals surface area (Å²) in [5.74, 6) is 0. The molecule has 1 heterocycles. The molecule has 1 N–H and O–H groups in total. The molecular formula is C23H24N2O4S2. The fraction of sp³-hybridized carbons (Fsp3) is 0.217. The van der Waals surface area contributed by atoms with Gasteiger partial charge in [0.25, 0.3) is 10.0 Å². The zero-order valence-corrected chi connectivity index (χ0v) is 18.6. The van der Waals surface area contributed by atoms with E-state index in [4.69, 9.17) is 0 Å². The van der Waals surface area contributed by atoms with Gasteiger partial charge >= 0.3 is 0 Å². The van der Waals surface area contributed by atoms with Crippen LogP contribution in [0.4, 0.5) is 5.69 Å². The normalized spacial score (nSPS) is 15.1. The lowest BCUT2D eigenvalue weighted by Crippen LogP contribution is -2.27. The molecule has 1 aliphatic heterocycles. The first-order valence-corrected chi connectivity index (χ1v) is 13.0. The Bertz CT molecular complexity index is 1250. The summed E-state index contributed by atoms with van der Waals surface area (Å²) in [4.78, 5) is 0.125. The highest BCUT2D eigenvalue weighted by Crippen LogP contribution is 2.25. The van der Waals surface area contributed by atoms with Gasteiger partial charge in [0.05, 0.1) is 15.5 Å². The van der Waals surface area contributed by atoms with Gasteiger partial charge in [0.2, 0.25) is 10.0 Å². The van der Waals surface area contributed by atoms with Crippen molar-refractivity contribution in [2.24, 2.45) is 0 Å². The average molecular weight is 457 g/mol. The molecule has 0 amide bonds. The number of hydrogen-bond donors (Lipinski definition) is 1. The third kappa shape index (κ3) is 4.81. The molecule has 0 bridgehead atoms. The van der Waals surface area contributed by atoms with Crippen LogP contribution in [0, 0.1) is 0 Å². The molecular weight excluding hydrogens is 432 g/mol. The van der Waals surface area contributed by atoms with E-state index in [-0.39, 0.29) is 9.79 Å². The van der Waals surface area contributed by atoms with Gasteiger partial charge in [0.1, 0.15) is 0 Å². The summed E-state index contributed by atoms with van der Waals surface area (Å²) in [5.41, 5.74) is 2.43. The summed E-state index contributed by atoms with van der Waals surface area (Å²) in [5, 5.41) is 0. The average Bonchev–Trinajstić information content (AvgIpc) is 3.32. The van der Waals surface area contributed by atoms with E-state index in [0.29, 0.717) is 25.2 Å². The van der Waals surface area contributed by atoms with Crippen LogP contribution in [0.15, 0.2) is 88.7 Å². The van der Waals surface area contributed by atoms with E-state index in [0.717, 1.165) is 24.0 Å². The minimum Gasteiger partial charge on any atom is -0.279 e. The Kier molecular flexibility index (Phi) is 6.13. The quantitative estimate of drug-likeness (QED) is 0.585. The van der Waals surface area contributed by atoms with Crippen molar-refractivity contribution in [3.63, 3.8) is 0 Å². The van der Waals surface area contributed by atoms with Crippen LogP contribution in [-0.2, 0) is 26.5 Å². The molecule has 31 heavy (non-hydrogen) atoms. The topological polar surface area (TPSA) is 83.5 Å². The number of sulfonamides is 2. The SMILES string of the molecule is O=S(=O)(Nc1ccccc1Cc1ccccc1)c1ccc(S(=O)(=O)N2CCCC2)cc1. The lowest BCUT2D eigenvalue weighted by atomic mass is 10.0. The van der Waals surface area contributed by atoms with Crippen LogP contribution in [0.5, 0.6) is 0 Å². The van der Waals surface area contributed by atoms with Crippen molar-refractivity contribution in [2.75, 3.05) is 17.8 Å². The standard InChI is InChI=1S/C23H24N2O4S2/c26-30(27,21-12-14-22(15-13-21)31(28,29)25-16-6-7-17-25)24-23-11-5-4-10-20(23)18-19-8-2-1-3-9-19/h1-5,8-15,24H,6-7,16-18H2. The second-order valence-corrected chi connectivity index (χ2v) is 11.1. The van der Waals surface area contributed by atoms with Crippen molar-refractivity contribution in [3.05, 3.63) is 90.0 Å². The lowest BCUT2D eigenvalue weighted by molar-refractivity contribution is 0.477. The minimum atomic E-state index is -3.87. The van der Waals surface area contributed by atoms with E-state index >= 15 is 0 Å². The van der Waals surface area contributed by atoms with E-state index in [1.807, 2.05) is 42.5 Å². The molecule has 4 rings (SSSR count). The summed E-state index contributed by atoms with van der Waals surface area (Å²) in [6, 6.07) is 22.5. The van der Waals surface area contributed by atoms with Crippen molar-refractivity contribution in [2.45, 2.75) is 29.1 Å². The Morgan fingerprint density at radius 3 is 1.97 bits per heavy atom. The summed E-state index contributed by atoms with van der Waals surface area (Å²) in [6.45, 7) is 1.00. The first-order chi connectivity index (χ1) is 14.9. The van der Waals surface area contributed by atoms with E-state index in [2.05, 4.69) is 4.72 Å². The van der Waals surface area contributed by atoms with Crippen molar-refractivity contribution < 1.29 is 16.8 Å². The number of nitrogens with zero attached hydrogens (tertiary/aromatic N) is 1. The van der Waals surface area contributed by atoms with Crippen molar-refractivity contribution in [1.82, 2.24) is 4.31 Å². The monoisotopic (exact) mass is 456 g/mol. The van der Waals surface area contributed by atoms with Crippen LogP contribution in [-0.4, -0.2) is 34.2 Å². The fourth-order valence-corrected chi connectivity index (χ4v) is 6.28. The number of hydrogen-bond acceptors (Lipinski definition) is 4. The molecule has 1 fully saturated rings. The number of benzene rings is 3. The Morgan fingerprint density at radius 2 is 1.29 bits per heavy atom. The molecule has 0 aliphatic carbocycles. The number of anilines is 1. The third-order valence-electron chi connectivity index (χ3n) is 5.34. The Hall–Kier alpha value is -2.68. The van der Waals surface area contributed by atoms with Crippen LogP contribution < -0.4 is 4.72 Å². The fourth-order valence-electron chi connectivity index (χ4n) is 3.66. The number of nitrogens with one attached hydrogen (secondary N) is 1. The molecule has 0 atom stereocenters. The first kappa shape index (κ1) is 21.5. The molecule has 162 valence electrons. The molecule has 0 unspecified atom stereocenters. The van der Waals surface area contributed by atoms with Crippen LogP contribution >= 0.6 is 0 Å². The van der Waals surface area contributed by atoms with Gasteiger partial charge in [-0.2, -0.15) is 4.31 Å². The van der Waals surface area contributed by atoms with E-state index in [9.17, 15) is 16.8 Å². The predicted octanol–water partition coefficient (Wildman–Crippen LogP) is 3.86. The third-order valence-corrected chi connectivity index (χ3v) is 8.63. The maximum atomic E-state index is 13.0. The zero-order valence-electron chi connectivity index (χ0n) is 16.9. The van der Waals surface area contributed by atoms with Crippen molar-refractivity contribution >= 4 is 25.7 Å². The van der Waals surface area contributed by atoms with Crippen LogP contribution in [0.1, 0.15) is 24.0 Å². The molecule has 3 aromatic carbocycles. The highest BCUT2D eigenvalue weighted by molar-refractivity contribution is 7.92. The number of rotatable bonds is 7. The van der Waals surface area contributed by atoms with Crippen LogP contribution in [0.2, 0.25) is 0 Å². The maximum absolute atomic E-state index is 13.0. The molecule has 1 aliphatic rings. The van der Waals surface area contributed by atoms with Crippen molar-refractivity contribution in [3.8, 4) is 0 Å². The highest BCUT2D eigenvalue weighted by atomic mass is 32.2. The smallest absolute Gasteiger partial charge is 0.261 e. The van der Waals surface area contributed by atoms with E-state index in [1.165, 1.54) is 28.6 Å². The van der Waals surface area contributed by atoms with Gasteiger partial charge in [-0.1, -0.05) is 48.5 Å².